The van der Waals surface area contributed by atoms with E-state index < -0.39 is 11.9 Å². The summed E-state index contributed by atoms with van der Waals surface area (Å²) >= 11 is 0. The number of carboxylic acid groups (broad SMARTS) is 2. The molecule has 0 aromatic heterocycles. The van der Waals surface area contributed by atoms with Crippen LogP contribution >= 0.6 is 0 Å². The Hall–Kier alpha value is -3.79. The molecule has 2 aliphatic rings. The lowest BCUT2D eigenvalue weighted by Gasteiger charge is -2.33. The summed E-state index contributed by atoms with van der Waals surface area (Å²) in [5, 5.41) is 15.6. The van der Waals surface area contributed by atoms with Crippen LogP contribution in [0.15, 0.2) is 54.6 Å². The highest BCUT2D eigenvalue weighted by atomic mass is 19.1. The Morgan fingerprint density at radius 3 is 2.22 bits per heavy atom. The molecule has 8 nitrogen and oxygen atoms in total. The second-order valence-electron chi connectivity index (χ2n) is 8.55. The monoisotopic (exact) mass is 502 g/mol. The molecule has 0 spiro atoms. The fourth-order valence-corrected chi connectivity index (χ4v) is 4.17. The average Bonchev–Trinajstić information content (AvgIpc) is 3.17. The third-order valence-corrected chi connectivity index (χ3v) is 6.03. The summed E-state index contributed by atoms with van der Waals surface area (Å²) in [4.78, 5) is 35.7. The predicted octanol–water partition coefficient (Wildman–Crippen LogP) is 3.42. The molecule has 2 aliphatic heterocycles. The van der Waals surface area contributed by atoms with Crippen molar-refractivity contribution in [1.29, 1.82) is 0 Å². The minimum atomic E-state index is -1.26. The van der Waals surface area contributed by atoms with Crippen molar-refractivity contribution in [3.63, 3.8) is 0 Å². The number of hydrogen-bond acceptors (Lipinski definition) is 5. The largest absolute Gasteiger partial charge is 0.492 e. The quantitative estimate of drug-likeness (QED) is 0.533. The average molecular weight is 503 g/mol. The molecule has 2 N–H and O–H groups in total. The zero-order chi connectivity index (χ0) is 26.1. The maximum atomic E-state index is 13.9. The molecule has 0 aliphatic carbocycles. The second-order valence-corrected chi connectivity index (χ2v) is 8.55. The van der Waals surface area contributed by atoms with Crippen LogP contribution in [0, 0.1) is 17.6 Å². The highest BCUT2D eigenvalue weighted by Gasteiger charge is 2.32. The molecule has 0 atom stereocenters. The van der Waals surface area contributed by atoms with Gasteiger partial charge < -0.3 is 19.8 Å². The fraction of sp³-hybridized carbons (Fsp3) is 0.346. The number of amides is 1. The van der Waals surface area contributed by atoms with Gasteiger partial charge in [-0.2, -0.15) is 0 Å². The van der Waals surface area contributed by atoms with Crippen LogP contribution in [0.3, 0.4) is 0 Å². The van der Waals surface area contributed by atoms with Gasteiger partial charge in [0.2, 0.25) is 0 Å². The van der Waals surface area contributed by atoms with E-state index in [2.05, 4.69) is 4.90 Å². The molecule has 1 amide bonds. The second kappa shape index (κ2) is 12.8. The number of hydrogen-bond donors (Lipinski definition) is 2. The first-order valence-corrected chi connectivity index (χ1v) is 11.5. The van der Waals surface area contributed by atoms with Crippen molar-refractivity contribution in [2.24, 2.45) is 5.92 Å². The normalized spacial score (nSPS) is 15.9. The lowest BCUT2D eigenvalue weighted by molar-refractivity contribution is -0.134. The van der Waals surface area contributed by atoms with Crippen LogP contribution in [0.1, 0.15) is 28.8 Å². The van der Waals surface area contributed by atoms with E-state index in [4.69, 9.17) is 14.9 Å². The summed E-state index contributed by atoms with van der Waals surface area (Å²) < 4.78 is 32.5. The van der Waals surface area contributed by atoms with Crippen LogP contribution in [-0.4, -0.2) is 70.6 Å². The number of carboxylic acids is 2. The van der Waals surface area contributed by atoms with Crippen molar-refractivity contribution < 1.29 is 38.1 Å². The van der Waals surface area contributed by atoms with Gasteiger partial charge in [0.05, 0.1) is 0 Å². The Morgan fingerprint density at radius 2 is 1.64 bits per heavy atom. The lowest BCUT2D eigenvalue weighted by atomic mass is 9.96. The third kappa shape index (κ3) is 7.88. The molecular formula is C26H28F2N2O6. The number of piperidine rings is 1. The van der Waals surface area contributed by atoms with E-state index in [0.29, 0.717) is 54.6 Å². The zero-order valence-corrected chi connectivity index (χ0v) is 19.6. The van der Waals surface area contributed by atoms with Gasteiger partial charge in [-0.1, -0.05) is 6.07 Å². The number of carbonyl (C=O) groups is 3. The van der Waals surface area contributed by atoms with E-state index in [0.717, 1.165) is 32.5 Å². The van der Waals surface area contributed by atoms with Crippen molar-refractivity contribution in [2.75, 3.05) is 32.8 Å². The van der Waals surface area contributed by atoms with Crippen LogP contribution in [-0.2, 0) is 16.1 Å². The molecule has 0 saturated carbocycles. The van der Waals surface area contributed by atoms with Crippen molar-refractivity contribution in [1.82, 2.24) is 9.80 Å². The van der Waals surface area contributed by atoms with Gasteiger partial charge in [0.1, 0.15) is 24.0 Å². The Bertz CT molecular complexity index is 1080. The Kier molecular flexibility index (Phi) is 9.52. The van der Waals surface area contributed by atoms with E-state index in [1.807, 2.05) is 0 Å². The summed E-state index contributed by atoms with van der Waals surface area (Å²) in [6.45, 7) is 4.37. The Balaban J connectivity index is 0.000000392. The predicted molar refractivity (Wildman–Crippen MR) is 127 cm³/mol. The van der Waals surface area contributed by atoms with Crippen molar-refractivity contribution in [3.05, 3.63) is 77.4 Å². The van der Waals surface area contributed by atoms with Gasteiger partial charge in [0.15, 0.2) is 0 Å². The van der Waals surface area contributed by atoms with Crippen LogP contribution in [0.5, 0.6) is 5.75 Å². The van der Waals surface area contributed by atoms with E-state index in [9.17, 15) is 23.2 Å². The maximum Gasteiger partial charge on any atom is 0.328 e. The van der Waals surface area contributed by atoms with E-state index >= 15 is 0 Å². The first kappa shape index (κ1) is 26.8. The molecule has 192 valence electrons. The molecule has 4 rings (SSSR count). The van der Waals surface area contributed by atoms with Crippen molar-refractivity contribution in [3.8, 4) is 5.75 Å². The molecular weight excluding hydrogens is 474 g/mol. The topological polar surface area (TPSA) is 107 Å². The van der Waals surface area contributed by atoms with Crippen LogP contribution in [0.25, 0.3) is 0 Å². The highest BCUT2D eigenvalue weighted by Crippen LogP contribution is 2.28. The molecule has 2 aromatic rings. The zero-order valence-electron chi connectivity index (χ0n) is 19.6. The third-order valence-electron chi connectivity index (χ3n) is 6.03. The first-order valence-electron chi connectivity index (χ1n) is 11.5. The van der Waals surface area contributed by atoms with Gasteiger partial charge in [-0.3, -0.25) is 9.69 Å². The van der Waals surface area contributed by atoms with Crippen molar-refractivity contribution in [2.45, 2.75) is 19.4 Å². The minimum absolute atomic E-state index is 0.0513. The smallest absolute Gasteiger partial charge is 0.328 e. The Morgan fingerprint density at radius 1 is 1.00 bits per heavy atom. The van der Waals surface area contributed by atoms with E-state index in [1.54, 1.807) is 29.2 Å². The summed E-state index contributed by atoms with van der Waals surface area (Å²) in [5.41, 5.74) is 1.04. The molecule has 1 fully saturated rings. The van der Waals surface area contributed by atoms with Crippen LogP contribution < -0.4 is 4.74 Å². The minimum Gasteiger partial charge on any atom is -0.492 e. The molecule has 0 bridgehead atoms. The van der Waals surface area contributed by atoms with Gasteiger partial charge in [-0.05, 0) is 68.2 Å². The van der Waals surface area contributed by atoms with Gasteiger partial charge in [0.25, 0.3) is 5.91 Å². The van der Waals surface area contributed by atoms with Gasteiger partial charge in [-0.15, -0.1) is 0 Å². The summed E-state index contributed by atoms with van der Waals surface area (Å²) in [5.74, 6) is -2.00. The summed E-state index contributed by atoms with van der Waals surface area (Å²) in [6, 6.07) is 10.8. The van der Waals surface area contributed by atoms with Crippen LogP contribution in [0.2, 0.25) is 0 Å². The van der Waals surface area contributed by atoms with E-state index in [1.165, 1.54) is 18.2 Å². The number of benzene rings is 2. The van der Waals surface area contributed by atoms with Gasteiger partial charge >= 0.3 is 11.9 Å². The number of fused-ring (bicyclic) bond motifs is 1. The summed E-state index contributed by atoms with van der Waals surface area (Å²) in [7, 11) is 0. The molecule has 36 heavy (non-hydrogen) atoms. The Labute approximate surface area is 207 Å². The lowest BCUT2D eigenvalue weighted by Crippen LogP contribution is -2.40. The number of rotatable bonds is 8. The number of aliphatic carboxylic acids is 2. The molecule has 0 radical (unpaired) electrons. The number of ether oxygens (including phenoxy) is 1. The molecule has 2 heterocycles. The maximum absolute atomic E-state index is 13.9. The van der Waals surface area contributed by atoms with Crippen molar-refractivity contribution >= 4 is 17.8 Å². The van der Waals surface area contributed by atoms with Crippen LogP contribution in [0.4, 0.5) is 8.78 Å². The molecule has 2 aromatic carbocycles. The van der Waals surface area contributed by atoms with Gasteiger partial charge in [0, 0.05) is 42.9 Å². The molecule has 0 unspecified atom stereocenters. The standard InChI is InChI=1S/C22H24F2N2O2.C4H4O4/c23-17-4-6-18(7-5-17)28-13-12-25-10-8-16(9-11-25)14-26-15-20-19(22(26)27)2-1-3-21(20)24;5-3(6)1-2-4(7)8/h1-7,16H,8-15H2;1-2H,(H,5,6)(H,7,8)/b;2-1+. The number of carbonyl (C=O) groups excluding carboxylic acids is 1. The molecule has 1 saturated heterocycles. The first-order chi connectivity index (χ1) is 17.2. The molecule has 10 heteroatoms. The number of likely N-dealkylation sites (tertiary alicyclic amines) is 1. The van der Waals surface area contributed by atoms with Gasteiger partial charge in [-0.25, -0.2) is 18.4 Å². The number of nitrogens with zero attached hydrogens (tertiary/aromatic N) is 2. The van der Waals surface area contributed by atoms with E-state index in [-0.39, 0.29) is 17.5 Å². The SMILES string of the molecule is O=C(O)/C=C/C(=O)O.O=C1c2cccc(F)c2CN1CC1CCN(CCOc2ccc(F)cc2)CC1. The highest BCUT2D eigenvalue weighted by molar-refractivity contribution is 5.98. The fourth-order valence-electron chi connectivity index (χ4n) is 4.17. The number of halogens is 2. The summed E-state index contributed by atoms with van der Waals surface area (Å²) in [6.07, 6.45) is 3.14.